The van der Waals surface area contributed by atoms with Crippen molar-refractivity contribution in [2.75, 3.05) is 39.6 Å². The lowest BCUT2D eigenvalue weighted by molar-refractivity contribution is -0.149. The number of fused-ring (bicyclic) bond motifs is 1. The van der Waals surface area contributed by atoms with Gasteiger partial charge in [0.05, 0.1) is 19.1 Å². The van der Waals surface area contributed by atoms with Crippen molar-refractivity contribution in [1.82, 2.24) is 4.90 Å². The van der Waals surface area contributed by atoms with Crippen molar-refractivity contribution in [2.24, 2.45) is 5.92 Å². The summed E-state index contributed by atoms with van der Waals surface area (Å²) in [4.78, 5) is 14.2. The van der Waals surface area contributed by atoms with Crippen LogP contribution in [0.4, 0.5) is 0 Å². The van der Waals surface area contributed by atoms with Gasteiger partial charge in [0.15, 0.2) is 11.5 Å². The van der Waals surface area contributed by atoms with E-state index in [0.717, 1.165) is 56.1 Å². The number of rotatable bonds is 7. The van der Waals surface area contributed by atoms with E-state index in [2.05, 4.69) is 4.90 Å². The topological polar surface area (TPSA) is 57.2 Å². The Balaban J connectivity index is 1.38. The zero-order valence-corrected chi connectivity index (χ0v) is 14.2. The molecule has 2 heterocycles. The van der Waals surface area contributed by atoms with Crippen molar-refractivity contribution in [3.05, 3.63) is 18.2 Å². The zero-order chi connectivity index (χ0) is 16.8. The number of carbonyl (C=O) groups excluding carboxylic acids is 1. The number of hydrogen-bond donors (Lipinski definition) is 0. The van der Waals surface area contributed by atoms with Crippen LogP contribution in [0.1, 0.15) is 26.2 Å². The first kappa shape index (κ1) is 16.9. The maximum atomic E-state index is 11.9. The predicted molar refractivity (Wildman–Crippen MR) is 88.5 cm³/mol. The minimum absolute atomic E-state index is 0.0217. The number of esters is 1. The molecule has 2 aliphatic heterocycles. The van der Waals surface area contributed by atoms with E-state index in [0.29, 0.717) is 13.2 Å². The van der Waals surface area contributed by atoms with Gasteiger partial charge >= 0.3 is 5.97 Å². The van der Waals surface area contributed by atoms with Crippen LogP contribution in [0.3, 0.4) is 0 Å². The SMILES string of the molecule is CCOC(=O)C1CCCN(CCCOc2ccc3c(c2)OCO3)C1. The number of benzene rings is 1. The van der Waals surface area contributed by atoms with Crippen LogP contribution < -0.4 is 14.2 Å². The standard InChI is InChI=1S/C18H25NO5/c1-2-21-18(20)14-5-3-8-19(12-14)9-4-10-22-15-6-7-16-17(11-15)24-13-23-16/h6-7,11,14H,2-5,8-10,12-13H2,1H3. The van der Waals surface area contributed by atoms with E-state index < -0.39 is 0 Å². The van der Waals surface area contributed by atoms with E-state index in [9.17, 15) is 4.79 Å². The third-order valence-corrected chi connectivity index (χ3v) is 4.36. The first-order valence-corrected chi connectivity index (χ1v) is 8.67. The number of nitrogens with zero attached hydrogens (tertiary/aromatic N) is 1. The summed E-state index contributed by atoms with van der Waals surface area (Å²) in [6.45, 7) is 5.99. The van der Waals surface area contributed by atoms with Gasteiger partial charge in [-0.1, -0.05) is 0 Å². The molecular weight excluding hydrogens is 310 g/mol. The van der Waals surface area contributed by atoms with Crippen LogP contribution in [0, 0.1) is 5.92 Å². The Kier molecular flexibility index (Phi) is 5.80. The minimum Gasteiger partial charge on any atom is -0.493 e. The van der Waals surface area contributed by atoms with Gasteiger partial charge in [0.1, 0.15) is 5.75 Å². The average molecular weight is 335 g/mol. The van der Waals surface area contributed by atoms with Crippen molar-refractivity contribution in [2.45, 2.75) is 26.2 Å². The fourth-order valence-electron chi connectivity index (χ4n) is 3.16. The molecule has 0 N–H and O–H groups in total. The van der Waals surface area contributed by atoms with E-state index >= 15 is 0 Å². The van der Waals surface area contributed by atoms with Crippen LogP contribution >= 0.6 is 0 Å². The smallest absolute Gasteiger partial charge is 0.310 e. The Bertz CT molecular complexity index is 562. The van der Waals surface area contributed by atoms with Crippen molar-refractivity contribution < 1.29 is 23.7 Å². The molecule has 1 fully saturated rings. The Morgan fingerprint density at radius 3 is 3.08 bits per heavy atom. The Morgan fingerprint density at radius 1 is 1.33 bits per heavy atom. The summed E-state index contributed by atoms with van der Waals surface area (Å²) < 4.78 is 21.5. The minimum atomic E-state index is -0.0567. The highest BCUT2D eigenvalue weighted by Gasteiger charge is 2.26. The summed E-state index contributed by atoms with van der Waals surface area (Å²) in [6, 6.07) is 5.62. The van der Waals surface area contributed by atoms with E-state index in [1.54, 1.807) is 0 Å². The first-order valence-electron chi connectivity index (χ1n) is 8.67. The Hall–Kier alpha value is -1.95. The normalized spacial score (nSPS) is 20.0. The van der Waals surface area contributed by atoms with Gasteiger partial charge in [-0.15, -0.1) is 0 Å². The number of piperidine rings is 1. The van der Waals surface area contributed by atoms with Gasteiger partial charge in [0.25, 0.3) is 0 Å². The zero-order valence-electron chi connectivity index (χ0n) is 14.2. The van der Waals surface area contributed by atoms with Crippen LogP contribution in [0.5, 0.6) is 17.2 Å². The Morgan fingerprint density at radius 2 is 2.21 bits per heavy atom. The van der Waals surface area contributed by atoms with Gasteiger partial charge in [-0.2, -0.15) is 0 Å². The maximum absolute atomic E-state index is 11.9. The van der Waals surface area contributed by atoms with E-state index in [1.807, 2.05) is 25.1 Å². The molecule has 3 rings (SSSR count). The lowest BCUT2D eigenvalue weighted by atomic mass is 9.98. The second-order valence-corrected chi connectivity index (χ2v) is 6.11. The van der Waals surface area contributed by atoms with Gasteiger partial charge in [0, 0.05) is 19.2 Å². The van der Waals surface area contributed by atoms with Gasteiger partial charge in [0.2, 0.25) is 6.79 Å². The van der Waals surface area contributed by atoms with Crippen molar-refractivity contribution in [1.29, 1.82) is 0 Å². The molecule has 6 nitrogen and oxygen atoms in total. The molecule has 132 valence electrons. The van der Waals surface area contributed by atoms with Crippen LogP contribution in [-0.2, 0) is 9.53 Å². The lowest BCUT2D eigenvalue weighted by Crippen LogP contribution is -2.40. The highest BCUT2D eigenvalue weighted by Crippen LogP contribution is 2.35. The van der Waals surface area contributed by atoms with Crippen LogP contribution in [0.15, 0.2) is 18.2 Å². The molecule has 1 saturated heterocycles. The average Bonchev–Trinajstić information content (AvgIpc) is 3.07. The summed E-state index contributed by atoms with van der Waals surface area (Å²) in [6.07, 6.45) is 2.90. The summed E-state index contributed by atoms with van der Waals surface area (Å²) in [5, 5.41) is 0. The van der Waals surface area contributed by atoms with Crippen molar-refractivity contribution in [3.63, 3.8) is 0 Å². The second-order valence-electron chi connectivity index (χ2n) is 6.11. The third-order valence-electron chi connectivity index (χ3n) is 4.36. The van der Waals surface area contributed by atoms with Crippen LogP contribution in [-0.4, -0.2) is 50.5 Å². The molecule has 0 aromatic heterocycles. The van der Waals surface area contributed by atoms with E-state index in [4.69, 9.17) is 18.9 Å². The number of carbonyl (C=O) groups is 1. The first-order chi connectivity index (χ1) is 11.8. The molecule has 2 aliphatic rings. The van der Waals surface area contributed by atoms with Gasteiger partial charge < -0.3 is 23.8 Å². The van der Waals surface area contributed by atoms with Gasteiger partial charge in [-0.25, -0.2) is 0 Å². The van der Waals surface area contributed by atoms with E-state index in [-0.39, 0.29) is 18.7 Å². The second kappa shape index (κ2) is 8.24. The molecule has 6 heteroatoms. The van der Waals surface area contributed by atoms with Gasteiger partial charge in [-0.3, -0.25) is 4.79 Å². The number of hydrogen-bond acceptors (Lipinski definition) is 6. The number of ether oxygens (including phenoxy) is 4. The van der Waals surface area contributed by atoms with Crippen LogP contribution in [0.25, 0.3) is 0 Å². The molecular formula is C18H25NO5. The molecule has 1 atom stereocenters. The molecule has 0 spiro atoms. The Labute approximate surface area is 142 Å². The summed E-state index contributed by atoms with van der Waals surface area (Å²) in [7, 11) is 0. The summed E-state index contributed by atoms with van der Waals surface area (Å²) in [5.41, 5.74) is 0. The fourth-order valence-corrected chi connectivity index (χ4v) is 3.16. The van der Waals surface area contributed by atoms with Crippen molar-refractivity contribution >= 4 is 5.97 Å². The summed E-state index contributed by atoms with van der Waals surface area (Å²) in [5.74, 6) is 2.26. The molecule has 0 radical (unpaired) electrons. The molecule has 24 heavy (non-hydrogen) atoms. The molecule has 1 aromatic carbocycles. The fraction of sp³-hybridized carbons (Fsp3) is 0.611. The third kappa shape index (κ3) is 4.32. The lowest BCUT2D eigenvalue weighted by Gasteiger charge is -2.31. The highest BCUT2D eigenvalue weighted by molar-refractivity contribution is 5.72. The predicted octanol–water partition coefficient (Wildman–Crippen LogP) is 2.46. The molecule has 0 bridgehead atoms. The maximum Gasteiger partial charge on any atom is 0.310 e. The molecule has 1 aromatic rings. The largest absolute Gasteiger partial charge is 0.493 e. The van der Waals surface area contributed by atoms with Crippen LogP contribution in [0.2, 0.25) is 0 Å². The molecule has 0 saturated carbocycles. The number of likely N-dealkylation sites (tertiary alicyclic amines) is 1. The van der Waals surface area contributed by atoms with E-state index in [1.165, 1.54) is 0 Å². The van der Waals surface area contributed by atoms with Crippen molar-refractivity contribution in [3.8, 4) is 17.2 Å². The van der Waals surface area contributed by atoms with Gasteiger partial charge in [-0.05, 0) is 44.9 Å². The molecule has 0 amide bonds. The monoisotopic (exact) mass is 335 g/mol. The summed E-state index contributed by atoms with van der Waals surface area (Å²) >= 11 is 0. The molecule has 0 aliphatic carbocycles. The highest BCUT2D eigenvalue weighted by atomic mass is 16.7. The quantitative estimate of drug-likeness (QED) is 0.563. The molecule has 1 unspecified atom stereocenters.